The molecule has 0 heterocycles. The van der Waals surface area contributed by atoms with E-state index in [-0.39, 0.29) is 29.6 Å². The summed E-state index contributed by atoms with van der Waals surface area (Å²) in [6.45, 7) is 10.6. The van der Waals surface area contributed by atoms with E-state index in [0.717, 1.165) is 23.8 Å². The van der Waals surface area contributed by atoms with Crippen LogP contribution in [0.4, 0.5) is 0 Å². The van der Waals surface area contributed by atoms with Crippen molar-refractivity contribution in [2.24, 2.45) is 4.99 Å². The highest BCUT2D eigenvalue weighted by molar-refractivity contribution is 14.0. The van der Waals surface area contributed by atoms with Gasteiger partial charge in [0.2, 0.25) is 0 Å². The van der Waals surface area contributed by atoms with Gasteiger partial charge in [0, 0.05) is 30.8 Å². The molecule has 0 aromatic heterocycles. The summed E-state index contributed by atoms with van der Waals surface area (Å²) in [5.41, 5.74) is 0.742. The minimum absolute atomic E-state index is 0. The number of nitrogens with zero attached hydrogens (tertiary/aromatic N) is 1. The number of methoxy groups -OCH3 is 1. The number of benzene rings is 1. The van der Waals surface area contributed by atoms with Crippen LogP contribution in [0.15, 0.2) is 23.2 Å². The van der Waals surface area contributed by atoms with Crippen LogP contribution in [0.5, 0.6) is 5.75 Å². The predicted molar refractivity (Wildman–Crippen MR) is 112 cm³/mol. The number of rotatable bonds is 8. The second kappa shape index (κ2) is 11.8. The molecular formula is C17H29ClIN3O2. The van der Waals surface area contributed by atoms with Crippen molar-refractivity contribution >= 4 is 41.5 Å². The van der Waals surface area contributed by atoms with Gasteiger partial charge in [-0.15, -0.1) is 24.0 Å². The van der Waals surface area contributed by atoms with Crippen LogP contribution < -0.4 is 15.4 Å². The van der Waals surface area contributed by atoms with Crippen molar-refractivity contribution in [2.75, 3.05) is 26.8 Å². The number of hydrogen-bond donors (Lipinski definition) is 2. The standard InChI is InChI=1S/C17H28ClN3O2.HI/c1-6-19-16(21-12-17(3,4)22-5)20-11-13-8-9-14(18)10-15(13)23-7-2;/h8-10H,6-7,11-12H2,1-5H3,(H2,19,20,21);1H. The lowest BCUT2D eigenvalue weighted by Crippen LogP contribution is -2.45. The zero-order valence-electron chi connectivity index (χ0n) is 15.1. The topological polar surface area (TPSA) is 54.9 Å². The Morgan fingerprint density at radius 2 is 1.96 bits per heavy atom. The maximum Gasteiger partial charge on any atom is 0.191 e. The maximum absolute atomic E-state index is 6.03. The van der Waals surface area contributed by atoms with Crippen molar-refractivity contribution in [1.29, 1.82) is 0 Å². The number of halogens is 2. The van der Waals surface area contributed by atoms with E-state index in [1.165, 1.54) is 0 Å². The molecule has 24 heavy (non-hydrogen) atoms. The van der Waals surface area contributed by atoms with Gasteiger partial charge in [-0.25, -0.2) is 4.99 Å². The van der Waals surface area contributed by atoms with Crippen LogP contribution >= 0.6 is 35.6 Å². The van der Waals surface area contributed by atoms with E-state index in [4.69, 9.17) is 21.1 Å². The molecule has 7 heteroatoms. The van der Waals surface area contributed by atoms with Gasteiger partial charge in [-0.2, -0.15) is 0 Å². The molecule has 138 valence electrons. The molecule has 0 amide bonds. The first kappa shape index (κ1) is 23.3. The highest BCUT2D eigenvalue weighted by Crippen LogP contribution is 2.24. The van der Waals surface area contributed by atoms with Gasteiger partial charge in [0.1, 0.15) is 5.75 Å². The van der Waals surface area contributed by atoms with Gasteiger partial charge >= 0.3 is 0 Å². The van der Waals surface area contributed by atoms with Crippen LogP contribution in [0, 0.1) is 0 Å². The molecule has 2 N–H and O–H groups in total. The first-order valence-electron chi connectivity index (χ1n) is 7.90. The van der Waals surface area contributed by atoms with Crippen LogP contribution in [0.25, 0.3) is 0 Å². The smallest absolute Gasteiger partial charge is 0.191 e. The minimum atomic E-state index is -0.257. The Bertz CT molecular complexity index is 525. The number of hydrogen-bond acceptors (Lipinski definition) is 3. The molecule has 0 saturated carbocycles. The van der Waals surface area contributed by atoms with Gasteiger partial charge in [0.15, 0.2) is 5.96 Å². The van der Waals surface area contributed by atoms with E-state index < -0.39 is 0 Å². The zero-order valence-corrected chi connectivity index (χ0v) is 18.2. The van der Waals surface area contributed by atoms with E-state index in [9.17, 15) is 0 Å². The Kier molecular flexibility index (Phi) is 11.4. The molecule has 0 fully saturated rings. The Balaban J connectivity index is 0.00000529. The second-order valence-electron chi connectivity index (χ2n) is 5.70. The Hall–Kier alpha value is -0.730. The van der Waals surface area contributed by atoms with Crippen molar-refractivity contribution < 1.29 is 9.47 Å². The van der Waals surface area contributed by atoms with Crippen LogP contribution in [0.3, 0.4) is 0 Å². The number of guanidine groups is 1. The quantitative estimate of drug-likeness (QED) is 0.345. The average molecular weight is 470 g/mol. The van der Waals surface area contributed by atoms with Crippen molar-refractivity contribution in [3.63, 3.8) is 0 Å². The third-order valence-corrected chi connectivity index (χ3v) is 3.55. The lowest BCUT2D eigenvalue weighted by atomic mass is 10.1. The van der Waals surface area contributed by atoms with E-state index in [0.29, 0.717) is 24.7 Å². The second-order valence-corrected chi connectivity index (χ2v) is 6.13. The summed E-state index contributed by atoms with van der Waals surface area (Å²) in [6, 6.07) is 5.62. The van der Waals surface area contributed by atoms with Crippen LogP contribution in [0.2, 0.25) is 5.02 Å². The van der Waals surface area contributed by atoms with Crippen molar-refractivity contribution in [3.8, 4) is 5.75 Å². The summed E-state index contributed by atoms with van der Waals surface area (Å²) in [5, 5.41) is 7.18. The molecule has 0 aliphatic heterocycles. The highest BCUT2D eigenvalue weighted by Gasteiger charge is 2.16. The Morgan fingerprint density at radius 1 is 1.25 bits per heavy atom. The lowest BCUT2D eigenvalue weighted by Gasteiger charge is -2.24. The fraction of sp³-hybridized carbons (Fsp3) is 0.588. The van der Waals surface area contributed by atoms with E-state index in [2.05, 4.69) is 15.6 Å². The SMILES string of the molecule is CCNC(=NCc1ccc(Cl)cc1OCC)NCC(C)(C)OC.I. The van der Waals surface area contributed by atoms with Crippen LogP contribution in [-0.4, -0.2) is 38.4 Å². The summed E-state index contributed by atoms with van der Waals surface area (Å²) in [4.78, 5) is 4.61. The number of ether oxygens (including phenoxy) is 2. The van der Waals surface area contributed by atoms with Crippen LogP contribution in [0.1, 0.15) is 33.3 Å². The molecule has 1 aromatic carbocycles. The van der Waals surface area contributed by atoms with Gasteiger partial charge in [0.05, 0.1) is 18.8 Å². The third-order valence-electron chi connectivity index (χ3n) is 3.31. The number of aliphatic imine (C=N–C) groups is 1. The molecule has 0 spiro atoms. The lowest BCUT2D eigenvalue weighted by molar-refractivity contribution is 0.0268. The summed E-state index contributed by atoms with van der Waals surface area (Å²) < 4.78 is 11.0. The van der Waals surface area contributed by atoms with Crippen molar-refractivity contribution in [1.82, 2.24) is 10.6 Å². The molecule has 1 aromatic rings. The maximum atomic E-state index is 6.03. The molecule has 0 aliphatic carbocycles. The fourth-order valence-corrected chi connectivity index (χ4v) is 1.99. The predicted octanol–water partition coefficient (Wildman–Crippen LogP) is 3.84. The summed E-state index contributed by atoms with van der Waals surface area (Å²) in [7, 11) is 1.70. The van der Waals surface area contributed by atoms with E-state index in [1.807, 2.05) is 45.9 Å². The van der Waals surface area contributed by atoms with Gasteiger partial charge < -0.3 is 20.1 Å². The summed E-state index contributed by atoms with van der Waals surface area (Å²) in [6.07, 6.45) is 0. The molecular weight excluding hydrogens is 441 g/mol. The monoisotopic (exact) mass is 469 g/mol. The van der Waals surface area contributed by atoms with Gasteiger partial charge in [-0.05, 0) is 39.8 Å². The molecule has 5 nitrogen and oxygen atoms in total. The first-order chi connectivity index (χ1) is 10.9. The zero-order chi connectivity index (χ0) is 17.3. The first-order valence-corrected chi connectivity index (χ1v) is 8.28. The van der Waals surface area contributed by atoms with Crippen molar-refractivity contribution in [2.45, 2.75) is 39.8 Å². The average Bonchev–Trinajstić information content (AvgIpc) is 2.52. The molecule has 0 aliphatic rings. The highest BCUT2D eigenvalue weighted by atomic mass is 127. The van der Waals surface area contributed by atoms with Crippen LogP contribution in [-0.2, 0) is 11.3 Å². The van der Waals surface area contributed by atoms with Gasteiger partial charge in [0.25, 0.3) is 0 Å². The third kappa shape index (κ3) is 8.39. The molecule has 0 saturated heterocycles. The molecule has 0 atom stereocenters. The van der Waals surface area contributed by atoms with Crippen molar-refractivity contribution in [3.05, 3.63) is 28.8 Å². The molecule has 1 rings (SSSR count). The number of nitrogens with one attached hydrogen (secondary N) is 2. The molecule has 0 unspecified atom stereocenters. The summed E-state index contributed by atoms with van der Waals surface area (Å²) in [5.74, 6) is 1.52. The molecule has 0 bridgehead atoms. The van der Waals surface area contributed by atoms with Gasteiger partial charge in [-0.3, -0.25) is 0 Å². The Morgan fingerprint density at radius 3 is 2.54 bits per heavy atom. The van der Waals surface area contributed by atoms with Gasteiger partial charge in [-0.1, -0.05) is 17.7 Å². The Labute approximate surface area is 167 Å². The molecule has 0 radical (unpaired) electrons. The normalized spacial score (nSPS) is 11.7. The largest absolute Gasteiger partial charge is 0.493 e. The summed E-state index contributed by atoms with van der Waals surface area (Å²) >= 11 is 6.03. The van der Waals surface area contributed by atoms with E-state index >= 15 is 0 Å². The minimum Gasteiger partial charge on any atom is -0.493 e. The van der Waals surface area contributed by atoms with E-state index in [1.54, 1.807) is 7.11 Å². The fourth-order valence-electron chi connectivity index (χ4n) is 1.82.